The van der Waals surface area contributed by atoms with E-state index in [2.05, 4.69) is 227 Å². The Morgan fingerprint density at radius 3 is 1.32 bits per heavy atom. The van der Waals surface area contributed by atoms with Crippen LogP contribution in [0.5, 0.6) is 0 Å². The van der Waals surface area contributed by atoms with Gasteiger partial charge in [-0.1, -0.05) is 203 Å². The van der Waals surface area contributed by atoms with Crippen molar-refractivity contribution in [2.75, 3.05) is 0 Å². The lowest BCUT2D eigenvalue weighted by atomic mass is 9.67. The summed E-state index contributed by atoms with van der Waals surface area (Å²) in [6, 6.07) is 77.0. The lowest BCUT2D eigenvalue weighted by Gasteiger charge is -2.35. The molecule has 1 aliphatic carbocycles. The van der Waals surface area contributed by atoms with E-state index in [4.69, 9.17) is 0 Å². The molecule has 0 nitrogen and oxygen atoms in total. The van der Waals surface area contributed by atoms with Gasteiger partial charge in [-0.15, -0.1) is 0 Å². The largest absolute Gasteiger partial charge is 0.0642 e. The average Bonchev–Trinajstić information content (AvgIpc) is 3.61. The van der Waals surface area contributed by atoms with Crippen molar-refractivity contribution in [2.45, 2.75) is 32.6 Å². The van der Waals surface area contributed by atoms with Gasteiger partial charge in [-0.05, 0) is 147 Å². The Kier molecular flexibility index (Phi) is 8.64. The van der Waals surface area contributed by atoms with E-state index in [1.165, 1.54) is 110 Å². The zero-order valence-corrected chi connectivity index (χ0v) is 34.4. The van der Waals surface area contributed by atoms with Crippen LogP contribution >= 0.6 is 0 Å². The number of fused-ring (bicyclic) bond motifs is 6. The van der Waals surface area contributed by atoms with Crippen LogP contribution in [-0.4, -0.2) is 0 Å². The second-order valence-corrected chi connectivity index (χ2v) is 16.9. The van der Waals surface area contributed by atoms with Crippen LogP contribution in [-0.2, 0) is 5.41 Å². The molecule has 0 heterocycles. The zero-order valence-electron chi connectivity index (χ0n) is 34.4. The molecule has 0 bridgehead atoms. The van der Waals surface area contributed by atoms with Gasteiger partial charge in [0.25, 0.3) is 0 Å². The normalized spacial score (nSPS) is 14.5. The first-order chi connectivity index (χ1) is 29.5. The maximum atomic E-state index is 2.55. The summed E-state index contributed by atoms with van der Waals surface area (Å²) in [7, 11) is 0. The van der Waals surface area contributed by atoms with Gasteiger partial charge in [0.2, 0.25) is 0 Å². The quantitative estimate of drug-likeness (QED) is 0.142. The van der Waals surface area contributed by atoms with Gasteiger partial charge in [0.15, 0.2) is 0 Å². The molecular formula is C60H46. The number of hydrogen-bond acceptors (Lipinski definition) is 0. The predicted octanol–water partition coefficient (Wildman–Crippen LogP) is 16.8. The molecule has 0 fully saturated rings. The third-order valence-electron chi connectivity index (χ3n) is 13.6. The molecule has 1 aliphatic rings. The van der Waals surface area contributed by atoms with Gasteiger partial charge in [-0.2, -0.15) is 0 Å². The van der Waals surface area contributed by atoms with Crippen molar-refractivity contribution in [3.63, 3.8) is 0 Å². The Morgan fingerprint density at radius 2 is 0.750 bits per heavy atom. The summed E-state index contributed by atoms with van der Waals surface area (Å²) in [5, 5.41) is 7.62. The van der Waals surface area contributed by atoms with E-state index in [0.29, 0.717) is 5.92 Å². The molecule has 0 N–H and O–H groups in total. The van der Waals surface area contributed by atoms with E-state index in [1.807, 2.05) is 0 Å². The molecule has 286 valence electrons. The molecular weight excluding hydrogens is 721 g/mol. The molecule has 1 atom stereocenters. The summed E-state index contributed by atoms with van der Waals surface area (Å²) in [6.45, 7) is 7.18. The molecule has 0 spiro atoms. The van der Waals surface area contributed by atoms with Crippen molar-refractivity contribution < 1.29 is 0 Å². The summed E-state index contributed by atoms with van der Waals surface area (Å²) in [6.07, 6.45) is 1.06. The summed E-state index contributed by atoms with van der Waals surface area (Å²) in [5.74, 6) is 0.456. The monoisotopic (exact) mass is 766 g/mol. The van der Waals surface area contributed by atoms with Crippen LogP contribution in [0, 0.1) is 5.92 Å². The second kappa shape index (κ2) is 14.4. The maximum absolute atomic E-state index is 2.55. The van der Waals surface area contributed by atoms with Gasteiger partial charge in [0, 0.05) is 5.41 Å². The van der Waals surface area contributed by atoms with Crippen LogP contribution in [0.1, 0.15) is 38.3 Å². The van der Waals surface area contributed by atoms with E-state index in [0.717, 1.165) is 6.42 Å². The Labute approximate surface area is 353 Å². The standard InChI is InChI=1S/C60H46/c1-4-60(39(2)3)56-30-18-17-25-49(56)50-32-31-42(38-57(50)60)58-51-26-13-15-28-53(51)59(54-29-16-14-27-52(54)58)55-34-33-46(47-23-11-12-24-48(47)55)45-36-43(40-19-7-5-8-20-40)35-44(37-45)41-21-9-6-10-22-41/h5-39H,4H2,1-3H3. The molecule has 0 aromatic heterocycles. The molecule has 0 saturated carbocycles. The molecule has 0 heteroatoms. The Hall–Kier alpha value is -7.02. The fraction of sp³-hybridized carbons (Fsp3) is 0.100. The van der Waals surface area contributed by atoms with Crippen molar-refractivity contribution in [1.29, 1.82) is 0 Å². The molecule has 0 amide bonds. The smallest absolute Gasteiger partial charge is 0.0235 e. The number of rotatable bonds is 7. The van der Waals surface area contributed by atoms with Crippen molar-refractivity contribution in [3.05, 3.63) is 217 Å². The molecule has 11 rings (SSSR count). The van der Waals surface area contributed by atoms with Crippen LogP contribution < -0.4 is 0 Å². The molecule has 10 aromatic carbocycles. The third kappa shape index (κ3) is 5.51. The van der Waals surface area contributed by atoms with Crippen molar-refractivity contribution in [1.82, 2.24) is 0 Å². The van der Waals surface area contributed by atoms with Crippen molar-refractivity contribution >= 4 is 32.3 Å². The topological polar surface area (TPSA) is 0 Å². The van der Waals surface area contributed by atoms with Crippen molar-refractivity contribution in [2.24, 2.45) is 5.92 Å². The van der Waals surface area contributed by atoms with Crippen LogP contribution in [0.15, 0.2) is 206 Å². The first-order valence-corrected chi connectivity index (χ1v) is 21.5. The first kappa shape index (κ1) is 36.1. The maximum Gasteiger partial charge on any atom is 0.0235 e. The third-order valence-corrected chi connectivity index (χ3v) is 13.6. The summed E-state index contributed by atoms with van der Waals surface area (Å²) >= 11 is 0. The second-order valence-electron chi connectivity index (χ2n) is 16.9. The van der Waals surface area contributed by atoms with Gasteiger partial charge in [0.05, 0.1) is 0 Å². The Bertz CT molecular complexity index is 3150. The van der Waals surface area contributed by atoms with Gasteiger partial charge >= 0.3 is 0 Å². The van der Waals surface area contributed by atoms with Crippen LogP contribution in [0.25, 0.3) is 99.1 Å². The van der Waals surface area contributed by atoms with Crippen LogP contribution in [0.4, 0.5) is 0 Å². The molecule has 0 aliphatic heterocycles. The Balaban J connectivity index is 1.14. The van der Waals surface area contributed by atoms with Crippen LogP contribution in [0.2, 0.25) is 0 Å². The van der Waals surface area contributed by atoms with E-state index in [-0.39, 0.29) is 5.41 Å². The highest BCUT2D eigenvalue weighted by molar-refractivity contribution is 6.24. The summed E-state index contributed by atoms with van der Waals surface area (Å²) in [5.41, 5.74) is 18.1. The lowest BCUT2D eigenvalue weighted by Crippen LogP contribution is -2.30. The fourth-order valence-corrected chi connectivity index (χ4v) is 10.8. The van der Waals surface area contributed by atoms with E-state index >= 15 is 0 Å². The minimum atomic E-state index is -0.0311. The molecule has 0 saturated heterocycles. The minimum absolute atomic E-state index is 0.0311. The van der Waals surface area contributed by atoms with Gasteiger partial charge in [0.1, 0.15) is 0 Å². The van der Waals surface area contributed by atoms with Crippen molar-refractivity contribution in [3.8, 4) is 66.8 Å². The van der Waals surface area contributed by atoms with E-state index in [9.17, 15) is 0 Å². The van der Waals surface area contributed by atoms with Gasteiger partial charge in [-0.25, -0.2) is 0 Å². The highest BCUT2D eigenvalue weighted by atomic mass is 14.5. The lowest BCUT2D eigenvalue weighted by molar-refractivity contribution is 0.366. The summed E-state index contributed by atoms with van der Waals surface area (Å²) < 4.78 is 0. The highest BCUT2D eigenvalue weighted by Crippen LogP contribution is 2.56. The number of hydrogen-bond donors (Lipinski definition) is 0. The van der Waals surface area contributed by atoms with Gasteiger partial charge < -0.3 is 0 Å². The highest BCUT2D eigenvalue weighted by Gasteiger charge is 2.44. The fourth-order valence-electron chi connectivity index (χ4n) is 10.8. The first-order valence-electron chi connectivity index (χ1n) is 21.5. The molecule has 0 radical (unpaired) electrons. The SMILES string of the molecule is CCC1(C(C)C)c2ccccc2-c2ccc(-c3c4ccccc4c(-c4ccc(-c5cc(-c6ccccc6)cc(-c6ccccc6)c5)c5ccccc45)c4ccccc34)cc21. The molecule has 1 unspecified atom stereocenters. The molecule has 10 aromatic rings. The molecule has 60 heavy (non-hydrogen) atoms. The minimum Gasteiger partial charge on any atom is -0.0642 e. The predicted molar refractivity (Wildman–Crippen MR) is 257 cm³/mol. The van der Waals surface area contributed by atoms with Crippen LogP contribution in [0.3, 0.4) is 0 Å². The van der Waals surface area contributed by atoms with E-state index < -0.39 is 0 Å². The zero-order chi connectivity index (χ0) is 40.4. The van der Waals surface area contributed by atoms with Gasteiger partial charge in [-0.3, -0.25) is 0 Å². The summed E-state index contributed by atoms with van der Waals surface area (Å²) in [4.78, 5) is 0. The van der Waals surface area contributed by atoms with E-state index in [1.54, 1.807) is 0 Å². The average molecular weight is 767 g/mol. The number of benzene rings is 10. The Morgan fingerprint density at radius 1 is 0.317 bits per heavy atom.